The van der Waals surface area contributed by atoms with Crippen LogP contribution in [0.3, 0.4) is 0 Å². The SMILES string of the molecule is Cc1nc(Cl)c(C(CCOS(C)(=O)=O)CO[Si](c2ccccc2)(c2ccccc2)C(C)(C)C)c(Cl)n1. The summed E-state index contributed by atoms with van der Waals surface area (Å²) in [5, 5.41) is 2.48. The van der Waals surface area contributed by atoms with E-state index in [0.29, 0.717) is 17.8 Å². The molecule has 6 nitrogen and oxygen atoms in total. The fraction of sp³-hybridized carbons (Fsp3) is 0.385. The second-order valence-corrected chi connectivity index (χ2v) is 16.4. The third-order valence-corrected chi connectivity index (χ3v) is 12.2. The molecular weight excluding hydrogens is 535 g/mol. The molecule has 0 saturated carbocycles. The molecule has 0 fully saturated rings. The number of aromatic nitrogens is 2. The molecule has 1 heterocycles. The Morgan fingerprint density at radius 1 is 0.917 bits per heavy atom. The lowest BCUT2D eigenvalue weighted by Crippen LogP contribution is -2.66. The minimum absolute atomic E-state index is 0.0475. The van der Waals surface area contributed by atoms with E-state index in [-0.39, 0.29) is 28.6 Å². The van der Waals surface area contributed by atoms with Crippen molar-refractivity contribution in [1.82, 2.24) is 9.97 Å². The minimum atomic E-state index is -3.61. The summed E-state index contributed by atoms with van der Waals surface area (Å²) >= 11 is 13.1. The second kappa shape index (κ2) is 11.7. The van der Waals surface area contributed by atoms with Crippen molar-refractivity contribution in [2.45, 2.75) is 45.1 Å². The van der Waals surface area contributed by atoms with Crippen LogP contribution in [0.4, 0.5) is 0 Å². The van der Waals surface area contributed by atoms with Crippen molar-refractivity contribution in [3.8, 4) is 0 Å². The van der Waals surface area contributed by atoms with E-state index in [2.05, 4.69) is 55.0 Å². The fourth-order valence-electron chi connectivity index (χ4n) is 4.49. The molecule has 0 bridgehead atoms. The first-order valence-electron chi connectivity index (χ1n) is 11.6. The zero-order valence-corrected chi connectivity index (χ0v) is 24.5. The molecule has 0 aliphatic carbocycles. The average molecular weight is 568 g/mol. The Kier molecular flexibility index (Phi) is 9.35. The van der Waals surface area contributed by atoms with Gasteiger partial charge in [-0.15, -0.1) is 0 Å². The van der Waals surface area contributed by atoms with Crippen molar-refractivity contribution >= 4 is 52.0 Å². The lowest BCUT2D eigenvalue weighted by Gasteiger charge is -2.43. The minimum Gasteiger partial charge on any atom is -0.407 e. The van der Waals surface area contributed by atoms with Crippen LogP contribution in [0.25, 0.3) is 0 Å². The lowest BCUT2D eigenvalue weighted by molar-refractivity contribution is 0.237. The molecule has 10 heteroatoms. The topological polar surface area (TPSA) is 78.4 Å². The predicted octanol–water partition coefficient (Wildman–Crippen LogP) is 5.12. The molecule has 36 heavy (non-hydrogen) atoms. The maximum atomic E-state index is 11.6. The zero-order valence-electron chi connectivity index (χ0n) is 21.2. The maximum Gasteiger partial charge on any atom is 0.264 e. The van der Waals surface area contributed by atoms with Crippen LogP contribution < -0.4 is 10.4 Å². The highest BCUT2D eigenvalue weighted by Crippen LogP contribution is 2.39. The van der Waals surface area contributed by atoms with E-state index < -0.39 is 24.4 Å². The second-order valence-electron chi connectivity index (χ2n) is 9.75. The van der Waals surface area contributed by atoms with E-state index in [1.165, 1.54) is 0 Å². The summed E-state index contributed by atoms with van der Waals surface area (Å²) in [6.07, 6.45) is 1.33. The largest absolute Gasteiger partial charge is 0.407 e. The van der Waals surface area contributed by atoms with Crippen LogP contribution in [0.2, 0.25) is 15.3 Å². The molecule has 0 spiro atoms. The van der Waals surface area contributed by atoms with Crippen molar-refractivity contribution in [3.05, 3.63) is 82.4 Å². The first kappa shape index (κ1) is 28.8. The highest BCUT2D eigenvalue weighted by molar-refractivity contribution is 7.85. The summed E-state index contributed by atoms with van der Waals surface area (Å²) in [6.45, 7) is 8.46. The Morgan fingerprint density at radius 3 is 1.81 bits per heavy atom. The number of rotatable bonds is 10. The molecule has 3 rings (SSSR count). The van der Waals surface area contributed by atoms with Crippen LogP contribution in [-0.2, 0) is 18.7 Å². The maximum absolute atomic E-state index is 11.6. The van der Waals surface area contributed by atoms with Gasteiger partial charge >= 0.3 is 0 Å². The average Bonchev–Trinajstić information content (AvgIpc) is 2.78. The van der Waals surface area contributed by atoms with E-state index in [1.807, 2.05) is 36.4 Å². The Morgan fingerprint density at radius 2 is 1.39 bits per heavy atom. The third kappa shape index (κ3) is 6.73. The predicted molar refractivity (Wildman–Crippen MR) is 149 cm³/mol. The molecule has 1 atom stereocenters. The van der Waals surface area contributed by atoms with Gasteiger partial charge in [0.25, 0.3) is 18.4 Å². The Balaban J connectivity index is 2.09. The Bertz CT molecular complexity index is 1210. The third-order valence-electron chi connectivity index (χ3n) is 6.05. The number of hydrogen-bond acceptors (Lipinski definition) is 6. The number of aryl methyl sites for hydroxylation is 1. The molecular formula is C26H32Cl2N2O4SSi. The summed E-state index contributed by atoms with van der Waals surface area (Å²) in [4.78, 5) is 8.58. The molecule has 0 radical (unpaired) electrons. The molecule has 0 saturated heterocycles. The smallest absolute Gasteiger partial charge is 0.264 e. The highest BCUT2D eigenvalue weighted by Gasteiger charge is 2.50. The van der Waals surface area contributed by atoms with Crippen molar-refractivity contribution in [2.24, 2.45) is 0 Å². The lowest BCUT2D eigenvalue weighted by atomic mass is 10.00. The van der Waals surface area contributed by atoms with Gasteiger partial charge in [-0.25, -0.2) is 9.97 Å². The van der Waals surface area contributed by atoms with E-state index in [1.54, 1.807) is 6.92 Å². The molecule has 3 aromatic rings. The summed E-state index contributed by atoms with van der Waals surface area (Å²) in [5.74, 6) is 0.0572. The molecule has 0 aliphatic heterocycles. The number of benzene rings is 2. The molecule has 0 amide bonds. The van der Waals surface area contributed by atoms with E-state index in [0.717, 1.165) is 16.6 Å². The molecule has 194 valence electrons. The zero-order chi connectivity index (χ0) is 26.6. The fourth-order valence-corrected chi connectivity index (χ4v) is 10.3. The van der Waals surface area contributed by atoms with Gasteiger partial charge in [0.2, 0.25) is 0 Å². The van der Waals surface area contributed by atoms with Crippen molar-refractivity contribution in [2.75, 3.05) is 19.5 Å². The van der Waals surface area contributed by atoms with Crippen molar-refractivity contribution < 1.29 is 17.0 Å². The summed E-state index contributed by atoms with van der Waals surface area (Å²) < 4.78 is 35.4. The van der Waals surface area contributed by atoms with Gasteiger partial charge in [-0.05, 0) is 28.8 Å². The summed E-state index contributed by atoms with van der Waals surface area (Å²) in [6, 6.07) is 20.5. The van der Waals surface area contributed by atoms with Crippen molar-refractivity contribution in [3.63, 3.8) is 0 Å². The van der Waals surface area contributed by atoms with Gasteiger partial charge in [0.15, 0.2) is 0 Å². The Hall–Kier alpha value is -1.81. The van der Waals surface area contributed by atoms with Crippen LogP contribution in [0.1, 0.15) is 44.5 Å². The number of nitrogens with zero attached hydrogens (tertiary/aromatic N) is 2. The Labute approximate surface area is 225 Å². The normalized spacial score (nSPS) is 13.5. The number of halogens is 2. The van der Waals surface area contributed by atoms with Gasteiger partial charge in [-0.2, -0.15) is 8.42 Å². The van der Waals surface area contributed by atoms with E-state index in [4.69, 9.17) is 31.8 Å². The van der Waals surface area contributed by atoms with Gasteiger partial charge in [-0.3, -0.25) is 4.18 Å². The van der Waals surface area contributed by atoms with Gasteiger partial charge in [0, 0.05) is 18.1 Å². The molecule has 1 aromatic heterocycles. The molecule has 0 aliphatic rings. The molecule has 2 aromatic carbocycles. The monoisotopic (exact) mass is 566 g/mol. The highest BCUT2D eigenvalue weighted by atomic mass is 35.5. The first-order chi connectivity index (χ1) is 16.8. The number of hydrogen-bond donors (Lipinski definition) is 0. The molecule has 0 N–H and O–H groups in total. The van der Waals surface area contributed by atoms with Crippen molar-refractivity contribution in [1.29, 1.82) is 0 Å². The summed E-state index contributed by atoms with van der Waals surface area (Å²) in [7, 11) is -6.46. The van der Waals surface area contributed by atoms with Gasteiger partial charge in [0.1, 0.15) is 16.1 Å². The first-order valence-corrected chi connectivity index (χ1v) is 16.1. The van der Waals surface area contributed by atoms with Crippen LogP contribution in [-0.4, -0.2) is 46.2 Å². The van der Waals surface area contributed by atoms with E-state index in [9.17, 15) is 8.42 Å². The molecule has 1 unspecified atom stereocenters. The summed E-state index contributed by atoms with van der Waals surface area (Å²) in [5.41, 5.74) is 0.527. The quantitative estimate of drug-likeness (QED) is 0.192. The standard InChI is InChI=1S/C26H32Cl2N2O4SSi/c1-19-29-24(27)23(25(28)30-19)20(16-17-33-35(5,31)32)18-34-36(26(2,3)4,21-12-8-6-9-13-21)22-14-10-7-11-15-22/h6-15,20H,16-18H2,1-5H3. The van der Waals surface area contributed by atoms with Gasteiger partial charge in [-0.1, -0.05) is 105 Å². The van der Waals surface area contributed by atoms with Gasteiger partial charge in [0.05, 0.1) is 12.9 Å². The van der Waals surface area contributed by atoms with Crippen LogP contribution in [0.5, 0.6) is 0 Å². The van der Waals surface area contributed by atoms with E-state index >= 15 is 0 Å². The van der Waals surface area contributed by atoms with Crippen LogP contribution in [0, 0.1) is 6.92 Å². The van der Waals surface area contributed by atoms with Gasteiger partial charge < -0.3 is 4.43 Å². The van der Waals surface area contributed by atoms with Crippen LogP contribution in [0.15, 0.2) is 60.7 Å². The van der Waals surface area contributed by atoms with Crippen LogP contribution >= 0.6 is 23.2 Å².